The number of rotatable bonds is 2. The van der Waals surface area contributed by atoms with Crippen LogP contribution in [-0.4, -0.2) is 4.98 Å². The molecule has 0 saturated carbocycles. The van der Waals surface area contributed by atoms with Crippen molar-refractivity contribution in [3.8, 4) is 6.07 Å². The zero-order valence-electron chi connectivity index (χ0n) is 10.4. The lowest BCUT2D eigenvalue weighted by Gasteiger charge is -1.98. The van der Waals surface area contributed by atoms with Crippen LogP contribution in [0.25, 0.3) is 23.1 Å². The Morgan fingerprint density at radius 1 is 1.20 bits per heavy atom. The molecule has 0 aliphatic heterocycles. The van der Waals surface area contributed by atoms with Crippen molar-refractivity contribution in [2.75, 3.05) is 0 Å². The molecule has 0 amide bonds. The number of benzene rings is 1. The average Bonchev–Trinajstić information content (AvgIpc) is 2.89. The Hall–Kier alpha value is -2.57. The zero-order valence-corrected chi connectivity index (χ0v) is 11.1. The van der Waals surface area contributed by atoms with Gasteiger partial charge in [-0.3, -0.25) is 4.98 Å². The maximum Gasteiger partial charge on any atom is 0.152 e. The fourth-order valence-electron chi connectivity index (χ4n) is 1.98. The van der Waals surface area contributed by atoms with Crippen LogP contribution >= 0.6 is 11.6 Å². The Kier molecular flexibility index (Phi) is 3.24. The van der Waals surface area contributed by atoms with Crippen molar-refractivity contribution >= 4 is 34.7 Å². The van der Waals surface area contributed by atoms with Crippen LogP contribution < -0.4 is 0 Å². The van der Waals surface area contributed by atoms with Crippen LogP contribution in [0.15, 0.2) is 47.3 Å². The van der Waals surface area contributed by atoms with Crippen molar-refractivity contribution in [1.82, 2.24) is 4.98 Å². The molecule has 3 rings (SSSR count). The molecule has 0 fully saturated rings. The van der Waals surface area contributed by atoms with Crippen LogP contribution in [0.3, 0.4) is 0 Å². The van der Waals surface area contributed by atoms with E-state index >= 15 is 0 Å². The van der Waals surface area contributed by atoms with Crippen molar-refractivity contribution in [3.63, 3.8) is 0 Å². The first-order valence-electron chi connectivity index (χ1n) is 5.97. The second-order valence-electron chi connectivity index (χ2n) is 4.24. The molecule has 3 aromatic rings. The van der Waals surface area contributed by atoms with Gasteiger partial charge in [0, 0.05) is 22.2 Å². The highest BCUT2D eigenvalue weighted by molar-refractivity contribution is 6.30. The van der Waals surface area contributed by atoms with E-state index in [4.69, 9.17) is 21.3 Å². The number of pyridine rings is 1. The lowest BCUT2D eigenvalue weighted by molar-refractivity contribution is 0.613. The van der Waals surface area contributed by atoms with Gasteiger partial charge in [-0.25, -0.2) is 0 Å². The average molecular weight is 281 g/mol. The number of hydrogen-bond donors (Lipinski definition) is 0. The fraction of sp³-hybridized carbons (Fsp3) is 0. The molecule has 0 aliphatic carbocycles. The third-order valence-corrected chi connectivity index (χ3v) is 3.22. The molecule has 2 aromatic heterocycles. The summed E-state index contributed by atoms with van der Waals surface area (Å²) in [5, 5.41) is 10.6. The van der Waals surface area contributed by atoms with E-state index < -0.39 is 0 Å². The maximum atomic E-state index is 9.10. The fourth-order valence-corrected chi connectivity index (χ4v) is 2.15. The molecule has 0 atom stereocenters. The van der Waals surface area contributed by atoms with Gasteiger partial charge in [0.1, 0.15) is 0 Å². The van der Waals surface area contributed by atoms with Crippen LogP contribution in [0.1, 0.15) is 16.7 Å². The first-order chi connectivity index (χ1) is 9.78. The molecule has 3 nitrogen and oxygen atoms in total. The van der Waals surface area contributed by atoms with Crippen molar-refractivity contribution in [1.29, 1.82) is 5.26 Å². The number of hydrogen-bond acceptors (Lipinski definition) is 3. The number of halogens is 1. The van der Waals surface area contributed by atoms with E-state index in [2.05, 4.69) is 11.1 Å². The van der Waals surface area contributed by atoms with E-state index in [0.29, 0.717) is 10.6 Å². The van der Waals surface area contributed by atoms with E-state index in [1.165, 1.54) is 0 Å². The normalized spacial score (nSPS) is 11.0. The van der Waals surface area contributed by atoms with Gasteiger partial charge in [-0.15, -0.1) is 0 Å². The first kappa shape index (κ1) is 12.5. The highest BCUT2D eigenvalue weighted by atomic mass is 35.5. The highest BCUT2D eigenvalue weighted by Crippen LogP contribution is 2.23. The monoisotopic (exact) mass is 280 g/mol. The molecule has 4 heteroatoms. The predicted octanol–water partition coefficient (Wildman–Crippen LogP) is 4.52. The van der Waals surface area contributed by atoms with Crippen molar-refractivity contribution in [2.24, 2.45) is 0 Å². The topological polar surface area (TPSA) is 49.8 Å². The van der Waals surface area contributed by atoms with Crippen LogP contribution in [0.4, 0.5) is 0 Å². The molecule has 0 unspecified atom stereocenters. The van der Waals surface area contributed by atoms with Gasteiger partial charge >= 0.3 is 0 Å². The third-order valence-electron chi connectivity index (χ3n) is 2.99. The lowest BCUT2D eigenvalue weighted by Crippen LogP contribution is -1.81. The molecule has 0 bridgehead atoms. The van der Waals surface area contributed by atoms with Gasteiger partial charge in [0.2, 0.25) is 0 Å². The molecule has 1 aromatic carbocycles. The number of nitrogens with zero attached hydrogens (tertiary/aromatic N) is 2. The summed E-state index contributed by atoms with van der Waals surface area (Å²) in [5.74, 6) is 0. The van der Waals surface area contributed by atoms with Crippen LogP contribution in [0.5, 0.6) is 0 Å². The van der Waals surface area contributed by atoms with Gasteiger partial charge < -0.3 is 4.42 Å². The van der Waals surface area contributed by atoms with Crippen LogP contribution in [-0.2, 0) is 0 Å². The quantitative estimate of drug-likeness (QED) is 0.693. The third kappa shape index (κ3) is 2.29. The van der Waals surface area contributed by atoms with Gasteiger partial charge in [-0.1, -0.05) is 29.8 Å². The Balaban J connectivity index is 2.01. The highest BCUT2D eigenvalue weighted by Gasteiger charge is 2.03. The van der Waals surface area contributed by atoms with Crippen LogP contribution in [0, 0.1) is 11.3 Å². The van der Waals surface area contributed by atoms with Crippen LogP contribution in [0.2, 0.25) is 5.02 Å². The Bertz CT molecular complexity index is 843. The van der Waals surface area contributed by atoms with Gasteiger partial charge in [0.15, 0.2) is 5.58 Å². The van der Waals surface area contributed by atoms with Gasteiger partial charge in [-0.05, 0) is 23.8 Å². The molecule has 20 heavy (non-hydrogen) atoms. The van der Waals surface area contributed by atoms with Crippen molar-refractivity contribution < 1.29 is 4.42 Å². The zero-order chi connectivity index (χ0) is 13.9. The summed E-state index contributed by atoms with van der Waals surface area (Å²) in [6.45, 7) is 0. The lowest BCUT2D eigenvalue weighted by atomic mass is 10.1. The Morgan fingerprint density at radius 3 is 2.90 bits per heavy atom. The Labute approximate surface area is 120 Å². The smallest absolute Gasteiger partial charge is 0.152 e. The second-order valence-corrected chi connectivity index (χ2v) is 4.68. The van der Waals surface area contributed by atoms with E-state index in [0.717, 1.165) is 22.1 Å². The number of aromatic nitrogens is 1. The van der Waals surface area contributed by atoms with Gasteiger partial charge in [-0.2, -0.15) is 5.26 Å². The second kappa shape index (κ2) is 5.20. The van der Waals surface area contributed by atoms with Gasteiger partial charge in [0.25, 0.3) is 0 Å². The summed E-state index contributed by atoms with van der Waals surface area (Å²) in [7, 11) is 0. The maximum absolute atomic E-state index is 9.10. The molecule has 96 valence electrons. The number of nitriles is 1. The van der Waals surface area contributed by atoms with E-state index in [9.17, 15) is 0 Å². The van der Waals surface area contributed by atoms with Gasteiger partial charge in [0.05, 0.1) is 24.1 Å². The largest absolute Gasteiger partial charge is 0.462 e. The van der Waals surface area contributed by atoms with E-state index in [1.54, 1.807) is 30.8 Å². The van der Waals surface area contributed by atoms with Crippen molar-refractivity contribution in [3.05, 3.63) is 64.6 Å². The minimum atomic E-state index is 0.545. The standard InChI is InChI=1S/C16H9ClN2O/c17-14-4-3-11(13(7-14)8-18)1-2-12-10-20-16-9-19-6-5-15(12)16/h1-7,9-10H/b2-1-. The molecule has 2 heterocycles. The molecule has 0 radical (unpaired) electrons. The summed E-state index contributed by atoms with van der Waals surface area (Å²) >= 11 is 5.88. The summed E-state index contributed by atoms with van der Waals surface area (Å²) < 4.78 is 5.41. The minimum absolute atomic E-state index is 0.545. The van der Waals surface area contributed by atoms with E-state index in [-0.39, 0.29) is 0 Å². The molecular formula is C16H9ClN2O. The minimum Gasteiger partial charge on any atom is -0.462 e. The van der Waals surface area contributed by atoms with E-state index in [1.807, 2.05) is 24.3 Å². The molecule has 0 N–H and O–H groups in total. The summed E-state index contributed by atoms with van der Waals surface area (Å²) in [4.78, 5) is 4.01. The number of furan rings is 1. The summed E-state index contributed by atoms with van der Waals surface area (Å²) in [6, 6.07) is 9.26. The molecular weight excluding hydrogens is 272 g/mol. The SMILES string of the molecule is N#Cc1cc(Cl)ccc1/C=C\c1coc2cnccc12. The number of fused-ring (bicyclic) bond motifs is 1. The van der Waals surface area contributed by atoms with Crippen molar-refractivity contribution in [2.45, 2.75) is 0 Å². The molecule has 0 spiro atoms. The molecule has 0 saturated heterocycles. The predicted molar refractivity (Wildman–Crippen MR) is 79.1 cm³/mol. The molecule has 0 aliphatic rings. The first-order valence-corrected chi connectivity index (χ1v) is 6.34. The summed E-state index contributed by atoms with van der Waals surface area (Å²) in [6.07, 6.45) is 8.86. The Morgan fingerprint density at radius 2 is 2.05 bits per heavy atom. The summed E-state index contributed by atoms with van der Waals surface area (Å²) in [5.41, 5.74) is 3.05.